The Labute approximate surface area is 170 Å². The maximum Gasteiger partial charge on any atom is 0.196 e. The number of aliphatic hydroxyl groups excluding tert-OH is 1. The van der Waals surface area contributed by atoms with Crippen LogP contribution in [0.15, 0.2) is 5.11 Å². The van der Waals surface area contributed by atoms with Gasteiger partial charge in [-0.15, -0.1) is 0 Å². The minimum absolute atomic E-state index is 0.0390. The first-order chi connectivity index (χ1) is 13.0. The van der Waals surface area contributed by atoms with Crippen molar-refractivity contribution in [3.8, 4) is 0 Å². The van der Waals surface area contributed by atoms with Crippen LogP contribution in [-0.4, -0.2) is 64.4 Å². The van der Waals surface area contributed by atoms with Gasteiger partial charge in [-0.3, -0.25) is 0 Å². The zero-order valence-corrected chi connectivity index (χ0v) is 19.7. The summed E-state index contributed by atoms with van der Waals surface area (Å²) in [5.74, 6) is 0.410. The third-order valence-electron chi connectivity index (χ3n) is 6.37. The molecule has 1 saturated heterocycles. The van der Waals surface area contributed by atoms with Crippen LogP contribution in [0.2, 0.25) is 18.1 Å². The first-order valence-electron chi connectivity index (χ1n) is 10.2. The van der Waals surface area contributed by atoms with Gasteiger partial charge in [-0.25, -0.2) is 0 Å². The summed E-state index contributed by atoms with van der Waals surface area (Å²) in [6, 6.07) is -0.764. The molecule has 2 unspecified atom stereocenters. The van der Waals surface area contributed by atoms with E-state index >= 15 is 0 Å². The number of hydrogen-bond acceptors (Lipinski definition) is 6. The molecule has 28 heavy (non-hydrogen) atoms. The highest BCUT2D eigenvalue weighted by Crippen LogP contribution is 2.46. The summed E-state index contributed by atoms with van der Waals surface area (Å²) < 4.78 is 23.7. The summed E-state index contributed by atoms with van der Waals surface area (Å²) in [4.78, 5) is 2.98. The lowest BCUT2D eigenvalue weighted by Gasteiger charge is -2.49. The zero-order valence-electron chi connectivity index (χ0n) is 18.7. The Bertz CT molecular complexity index is 526. The van der Waals surface area contributed by atoms with E-state index in [2.05, 4.69) is 57.7 Å². The number of aliphatic hydroxyl groups is 1. The average Bonchev–Trinajstić information content (AvgIpc) is 2.61. The second-order valence-electron chi connectivity index (χ2n) is 8.88. The van der Waals surface area contributed by atoms with E-state index in [4.69, 9.17) is 24.2 Å². The molecule has 0 amide bonds. The lowest BCUT2D eigenvalue weighted by molar-refractivity contribution is -0.253. The van der Waals surface area contributed by atoms with Crippen LogP contribution in [0.3, 0.4) is 0 Å². The molecule has 0 saturated carbocycles. The van der Waals surface area contributed by atoms with Crippen molar-refractivity contribution < 1.29 is 23.7 Å². The van der Waals surface area contributed by atoms with Crippen molar-refractivity contribution in [1.82, 2.24) is 0 Å². The first-order valence-corrected chi connectivity index (χ1v) is 13.1. The number of hydrogen-bond donors (Lipinski definition) is 1. The van der Waals surface area contributed by atoms with E-state index in [9.17, 15) is 5.11 Å². The molecule has 1 fully saturated rings. The highest BCUT2D eigenvalue weighted by Gasteiger charge is 2.51. The molecule has 1 aliphatic heterocycles. The largest absolute Gasteiger partial charge is 0.392 e. The van der Waals surface area contributed by atoms with Crippen molar-refractivity contribution in [2.24, 2.45) is 11.0 Å². The van der Waals surface area contributed by atoms with Crippen LogP contribution in [0.4, 0.5) is 0 Å². The summed E-state index contributed by atoms with van der Waals surface area (Å²) in [6.07, 6.45) is -1.24. The third-order valence-corrected chi connectivity index (χ3v) is 10.9. The Hall–Kier alpha value is -0.673. The van der Waals surface area contributed by atoms with Crippen LogP contribution in [0.25, 0.3) is 10.4 Å². The van der Waals surface area contributed by atoms with Crippen molar-refractivity contribution in [3.05, 3.63) is 10.4 Å². The fourth-order valence-corrected chi connectivity index (χ4v) is 5.65. The molecule has 1 aliphatic rings. The van der Waals surface area contributed by atoms with Gasteiger partial charge >= 0.3 is 0 Å². The number of azide groups is 1. The molecule has 1 heterocycles. The monoisotopic (exact) mass is 417 g/mol. The van der Waals surface area contributed by atoms with Crippen molar-refractivity contribution in [1.29, 1.82) is 0 Å². The highest BCUT2D eigenvalue weighted by atomic mass is 28.4. The normalized spacial score (nSPS) is 29.0. The maximum atomic E-state index is 10.8. The quantitative estimate of drug-likeness (QED) is 0.178. The molecule has 0 aromatic carbocycles. The van der Waals surface area contributed by atoms with Crippen LogP contribution in [0.1, 0.15) is 47.5 Å². The second kappa shape index (κ2) is 10.9. The van der Waals surface area contributed by atoms with Gasteiger partial charge in [0, 0.05) is 18.6 Å². The molecular weight excluding hydrogens is 378 g/mol. The van der Waals surface area contributed by atoms with Gasteiger partial charge in [0.05, 0.1) is 12.7 Å². The van der Waals surface area contributed by atoms with Gasteiger partial charge in [-0.05, 0) is 36.0 Å². The first kappa shape index (κ1) is 25.4. The topological polar surface area (TPSA) is 106 Å². The minimum atomic E-state index is -2.28. The number of ether oxygens (including phenoxy) is 3. The van der Waals surface area contributed by atoms with Crippen molar-refractivity contribution in [2.75, 3.05) is 20.3 Å². The van der Waals surface area contributed by atoms with E-state index < -0.39 is 39.0 Å². The van der Waals surface area contributed by atoms with Gasteiger partial charge in [-0.1, -0.05) is 46.2 Å². The van der Waals surface area contributed by atoms with E-state index in [1.165, 1.54) is 0 Å². The van der Waals surface area contributed by atoms with Crippen LogP contribution >= 0.6 is 0 Å². The summed E-state index contributed by atoms with van der Waals surface area (Å²) >= 11 is 0. The maximum absolute atomic E-state index is 10.8. The van der Waals surface area contributed by atoms with Crippen LogP contribution in [0.5, 0.6) is 0 Å². The fourth-order valence-electron chi connectivity index (χ4n) is 3.18. The van der Waals surface area contributed by atoms with Crippen LogP contribution in [0, 0.1) is 5.92 Å². The molecule has 1 rings (SSSR count). The van der Waals surface area contributed by atoms with Gasteiger partial charge < -0.3 is 23.7 Å². The van der Waals surface area contributed by atoms with Crippen LogP contribution in [-0.2, 0) is 18.6 Å². The highest BCUT2D eigenvalue weighted by molar-refractivity contribution is 6.74. The van der Waals surface area contributed by atoms with Crippen LogP contribution < -0.4 is 0 Å². The fraction of sp³-hybridized carbons (Fsp3) is 1.00. The standard InChI is InChI=1S/C19H39N3O5Si/c1-9-10-11-25-17-15(21-22-20)18(26-14(12-24-6)16(17)23)27-28(7,8)19(4,5)13(2)3/h13-18,23H,9-12H2,1-8H3/t14?,15?,16-,17-,18+/m1/s1. The van der Waals surface area contributed by atoms with Gasteiger partial charge in [-0.2, -0.15) is 0 Å². The van der Waals surface area contributed by atoms with Gasteiger partial charge in [0.2, 0.25) is 0 Å². The van der Waals surface area contributed by atoms with E-state index in [0.29, 0.717) is 12.5 Å². The Morgan fingerprint density at radius 1 is 1.32 bits per heavy atom. The molecule has 0 radical (unpaired) electrons. The minimum Gasteiger partial charge on any atom is -0.392 e. The molecule has 0 aliphatic carbocycles. The van der Waals surface area contributed by atoms with Crippen molar-refractivity contribution >= 4 is 8.32 Å². The molecule has 1 N–H and O–H groups in total. The molecule has 0 spiro atoms. The molecule has 0 aromatic rings. The Morgan fingerprint density at radius 3 is 2.46 bits per heavy atom. The summed E-state index contributed by atoms with van der Waals surface area (Å²) in [6.45, 7) is 15.8. The molecular formula is C19H39N3O5Si. The summed E-state index contributed by atoms with van der Waals surface area (Å²) in [7, 11) is -0.726. The van der Waals surface area contributed by atoms with Gasteiger partial charge in [0.25, 0.3) is 0 Å². The Kier molecular flexibility index (Phi) is 9.89. The Balaban J connectivity index is 3.18. The van der Waals surface area contributed by atoms with Crippen molar-refractivity contribution in [2.45, 2.75) is 96.2 Å². The van der Waals surface area contributed by atoms with Crippen molar-refractivity contribution in [3.63, 3.8) is 0 Å². The smallest absolute Gasteiger partial charge is 0.196 e. The number of methoxy groups -OCH3 is 1. The molecule has 5 atom stereocenters. The molecule has 0 aromatic heterocycles. The average molecular weight is 418 g/mol. The zero-order chi connectivity index (χ0) is 21.5. The molecule has 8 nitrogen and oxygen atoms in total. The molecule has 164 valence electrons. The summed E-state index contributed by atoms with van der Waals surface area (Å²) in [5, 5.41) is 14.6. The second-order valence-corrected chi connectivity index (χ2v) is 13.4. The summed E-state index contributed by atoms with van der Waals surface area (Å²) in [5.41, 5.74) is 9.12. The number of nitrogens with zero attached hydrogens (tertiary/aromatic N) is 3. The molecule has 9 heteroatoms. The lowest BCUT2D eigenvalue weighted by atomic mass is 9.97. The number of unbranched alkanes of at least 4 members (excludes halogenated alkanes) is 1. The lowest BCUT2D eigenvalue weighted by Crippen LogP contribution is -2.62. The third kappa shape index (κ3) is 5.92. The number of rotatable bonds is 11. The van der Waals surface area contributed by atoms with Gasteiger partial charge in [0.1, 0.15) is 18.2 Å². The molecule has 0 bridgehead atoms. The predicted molar refractivity (Wildman–Crippen MR) is 112 cm³/mol. The van der Waals surface area contributed by atoms with E-state index in [1.807, 2.05) is 0 Å². The van der Waals surface area contributed by atoms with E-state index in [-0.39, 0.29) is 11.6 Å². The SMILES string of the molecule is CCCCO[C@@H]1C(N=[N+]=[N-])[C@H](O[Si](C)(C)C(C)(C)C(C)C)OC(COC)[C@H]1O. The van der Waals surface area contributed by atoms with E-state index in [1.54, 1.807) is 7.11 Å². The van der Waals surface area contributed by atoms with E-state index in [0.717, 1.165) is 12.8 Å². The Morgan fingerprint density at radius 2 is 1.96 bits per heavy atom. The van der Waals surface area contributed by atoms with Gasteiger partial charge in [0.15, 0.2) is 14.6 Å². The predicted octanol–water partition coefficient (Wildman–Crippen LogP) is 4.24.